The summed E-state index contributed by atoms with van der Waals surface area (Å²) in [7, 11) is 0. The number of amides is 2. The van der Waals surface area contributed by atoms with Crippen LogP contribution in [0.4, 0.5) is 9.18 Å². The molecule has 2 amide bonds. The van der Waals surface area contributed by atoms with Crippen molar-refractivity contribution < 1.29 is 14.3 Å². The van der Waals surface area contributed by atoms with Gasteiger partial charge in [-0.25, -0.2) is 9.18 Å². The van der Waals surface area contributed by atoms with Gasteiger partial charge in [-0.15, -0.1) is 6.58 Å². The van der Waals surface area contributed by atoms with Gasteiger partial charge in [0.05, 0.1) is 13.2 Å². The number of hydrogen-bond donors (Lipinski definition) is 2. The number of nitrogens with one attached hydrogen (secondary N) is 1. The molecule has 0 saturated heterocycles. The van der Waals surface area contributed by atoms with Crippen molar-refractivity contribution in [3.63, 3.8) is 0 Å². The lowest BCUT2D eigenvalue weighted by Gasteiger charge is -2.22. The summed E-state index contributed by atoms with van der Waals surface area (Å²) >= 11 is 3.26. The van der Waals surface area contributed by atoms with Crippen LogP contribution >= 0.6 is 15.9 Å². The SMILES string of the molecule is C=CCNC(=O)N(CCO)Cc1cc(Br)ccc1F. The van der Waals surface area contributed by atoms with Crippen LogP contribution in [-0.4, -0.2) is 35.7 Å². The van der Waals surface area contributed by atoms with Crippen molar-refractivity contribution in [1.29, 1.82) is 0 Å². The number of rotatable bonds is 6. The first-order valence-corrected chi connectivity index (χ1v) is 6.56. The molecular formula is C13H16BrFN2O2. The number of aliphatic hydroxyl groups excluding tert-OH is 1. The molecule has 0 fully saturated rings. The van der Waals surface area contributed by atoms with Gasteiger partial charge in [-0.1, -0.05) is 22.0 Å². The molecule has 0 heterocycles. The van der Waals surface area contributed by atoms with Crippen molar-refractivity contribution in [2.24, 2.45) is 0 Å². The maximum atomic E-state index is 13.6. The van der Waals surface area contributed by atoms with Crippen molar-refractivity contribution in [2.45, 2.75) is 6.54 Å². The van der Waals surface area contributed by atoms with E-state index in [2.05, 4.69) is 27.8 Å². The fourth-order valence-corrected chi connectivity index (χ4v) is 1.92. The van der Waals surface area contributed by atoms with Crippen molar-refractivity contribution in [1.82, 2.24) is 10.2 Å². The molecule has 0 spiro atoms. The maximum Gasteiger partial charge on any atom is 0.318 e. The van der Waals surface area contributed by atoms with Crippen LogP contribution in [0.2, 0.25) is 0 Å². The largest absolute Gasteiger partial charge is 0.395 e. The first-order chi connectivity index (χ1) is 9.08. The van der Waals surface area contributed by atoms with E-state index in [1.807, 2.05) is 0 Å². The minimum absolute atomic E-state index is 0.0921. The Hall–Kier alpha value is -1.40. The summed E-state index contributed by atoms with van der Waals surface area (Å²) in [6.07, 6.45) is 1.55. The Bertz CT molecular complexity index is 454. The van der Waals surface area contributed by atoms with Crippen LogP contribution < -0.4 is 5.32 Å². The minimum Gasteiger partial charge on any atom is -0.395 e. The Morgan fingerprint density at radius 1 is 1.58 bits per heavy atom. The maximum absolute atomic E-state index is 13.6. The zero-order valence-electron chi connectivity index (χ0n) is 10.4. The Morgan fingerprint density at radius 3 is 2.95 bits per heavy atom. The number of urea groups is 1. The van der Waals surface area contributed by atoms with Crippen LogP contribution in [0.5, 0.6) is 0 Å². The number of carbonyl (C=O) groups is 1. The highest BCUT2D eigenvalue weighted by molar-refractivity contribution is 9.10. The first-order valence-electron chi connectivity index (χ1n) is 5.77. The Kier molecular flexibility index (Phi) is 6.52. The zero-order chi connectivity index (χ0) is 14.3. The fraction of sp³-hybridized carbons (Fsp3) is 0.308. The molecule has 0 radical (unpaired) electrons. The molecule has 0 bridgehead atoms. The molecule has 0 saturated carbocycles. The number of benzene rings is 1. The molecule has 1 rings (SSSR count). The van der Waals surface area contributed by atoms with Gasteiger partial charge in [-0.05, 0) is 18.2 Å². The lowest BCUT2D eigenvalue weighted by atomic mass is 10.2. The monoisotopic (exact) mass is 330 g/mol. The van der Waals surface area contributed by atoms with Gasteiger partial charge in [-0.2, -0.15) is 0 Å². The average Bonchev–Trinajstić information content (AvgIpc) is 2.39. The highest BCUT2D eigenvalue weighted by Crippen LogP contribution is 2.17. The fourth-order valence-electron chi connectivity index (χ4n) is 1.51. The second-order valence-corrected chi connectivity index (χ2v) is 4.77. The molecule has 0 aliphatic rings. The van der Waals surface area contributed by atoms with Crippen LogP contribution in [0, 0.1) is 5.82 Å². The topological polar surface area (TPSA) is 52.6 Å². The lowest BCUT2D eigenvalue weighted by Crippen LogP contribution is -2.41. The number of carbonyl (C=O) groups excluding carboxylic acids is 1. The molecule has 2 N–H and O–H groups in total. The molecule has 1 aromatic carbocycles. The van der Waals surface area contributed by atoms with E-state index in [-0.39, 0.29) is 31.5 Å². The van der Waals surface area contributed by atoms with Crippen molar-refractivity contribution in [3.05, 3.63) is 46.7 Å². The summed E-state index contributed by atoms with van der Waals surface area (Å²) < 4.78 is 14.4. The molecule has 19 heavy (non-hydrogen) atoms. The van der Waals surface area contributed by atoms with Gasteiger partial charge >= 0.3 is 6.03 Å². The highest BCUT2D eigenvalue weighted by Gasteiger charge is 2.14. The summed E-state index contributed by atoms with van der Waals surface area (Å²) in [4.78, 5) is 13.2. The molecule has 6 heteroatoms. The highest BCUT2D eigenvalue weighted by atomic mass is 79.9. The van der Waals surface area contributed by atoms with E-state index in [1.54, 1.807) is 18.2 Å². The van der Waals surface area contributed by atoms with Gasteiger partial charge in [0.25, 0.3) is 0 Å². The first kappa shape index (κ1) is 15.7. The number of halogens is 2. The van der Waals surface area contributed by atoms with E-state index in [1.165, 1.54) is 11.0 Å². The molecule has 0 atom stereocenters. The lowest BCUT2D eigenvalue weighted by molar-refractivity contribution is 0.174. The summed E-state index contributed by atoms with van der Waals surface area (Å²) in [5.74, 6) is -0.386. The molecule has 0 aromatic heterocycles. The number of aliphatic hydroxyl groups is 1. The van der Waals surface area contributed by atoms with Gasteiger partial charge in [0.2, 0.25) is 0 Å². The molecule has 1 aromatic rings. The van der Waals surface area contributed by atoms with Gasteiger partial charge in [0.15, 0.2) is 0 Å². The van der Waals surface area contributed by atoms with E-state index in [9.17, 15) is 9.18 Å². The summed E-state index contributed by atoms with van der Waals surface area (Å²) in [5, 5.41) is 11.6. The summed E-state index contributed by atoms with van der Waals surface area (Å²) in [6, 6.07) is 4.17. The molecular weight excluding hydrogens is 315 g/mol. The van der Waals surface area contributed by atoms with Crippen LogP contribution in [0.3, 0.4) is 0 Å². The Morgan fingerprint density at radius 2 is 2.32 bits per heavy atom. The standard InChI is InChI=1S/C13H16BrFN2O2/c1-2-5-16-13(19)17(6-7-18)9-10-8-11(14)3-4-12(10)15/h2-4,8,18H,1,5-7,9H2,(H,16,19). The summed E-state index contributed by atoms with van der Waals surface area (Å²) in [5.41, 5.74) is 0.386. The molecule has 0 unspecified atom stereocenters. The van der Waals surface area contributed by atoms with Crippen LogP contribution in [-0.2, 0) is 6.54 Å². The second-order valence-electron chi connectivity index (χ2n) is 3.86. The number of nitrogens with zero attached hydrogens (tertiary/aromatic N) is 1. The zero-order valence-corrected chi connectivity index (χ0v) is 12.0. The molecule has 0 aliphatic carbocycles. The normalized spacial score (nSPS) is 10.1. The van der Waals surface area contributed by atoms with Gasteiger partial charge < -0.3 is 15.3 Å². The van der Waals surface area contributed by atoms with Gasteiger partial charge in [-0.3, -0.25) is 0 Å². The van der Waals surface area contributed by atoms with E-state index in [4.69, 9.17) is 5.11 Å². The van der Waals surface area contributed by atoms with E-state index >= 15 is 0 Å². The predicted octanol–water partition coefficient (Wildman–Crippen LogP) is 2.28. The quantitative estimate of drug-likeness (QED) is 0.786. The third kappa shape index (κ3) is 5.00. The smallest absolute Gasteiger partial charge is 0.318 e. The molecule has 4 nitrogen and oxygen atoms in total. The van der Waals surface area contributed by atoms with Crippen LogP contribution in [0.25, 0.3) is 0 Å². The third-order valence-electron chi connectivity index (χ3n) is 2.42. The van der Waals surface area contributed by atoms with Gasteiger partial charge in [0.1, 0.15) is 5.82 Å². The van der Waals surface area contributed by atoms with Gasteiger partial charge in [0, 0.05) is 23.1 Å². The van der Waals surface area contributed by atoms with E-state index < -0.39 is 0 Å². The van der Waals surface area contributed by atoms with Crippen molar-refractivity contribution >= 4 is 22.0 Å². The molecule has 0 aliphatic heterocycles. The number of hydrogen-bond acceptors (Lipinski definition) is 2. The third-order valence-corrected chi connectivity index (χ3v) is 2.92. The predicted molar refractivity (Wildman–Crippen MR) is 75.2 cm³/mol. The average molecular weight is 331 g/mol. The van der Waals surface area contributed by atoms with Crippen LogP contribution in [0.15, 0.2) is 35.3 Å². The van der Waals surface area contributed by atoms with E-state index in [0.29, 0.717) is 12.1 Å². The molecule has 104 valence electrons. The second kappa shape index (κ2) is 7.91. The Labute approximate surface area is 120 Å². The van der Waals surface area contributed by atoms with E-state index in [0.717, 1.165) is 4.47 Å². The van der Waals surface area contributed by atoms with Crippen LogP contribution in [0.1, 0.15) is 5.56 Å². The minimum atomic E-state index is -0.386. The van der Waals surface area contributed by atoms with Crippen molar-refractivity contribution in [3.8, 4) is 0 Å². The Balaban J connectivity index is 2.79. The van der Waals surface area contributed by atoms with Crippen molar-refractivity contribution in [2.75, 3.05) is 19.7 Å². The summed E-state index contributed by atoms with van der Waals surface area (Å²) in [6.45, 7) is 3.86.